The Hall–Kier alpha value is -2.99. The summed E-state index contributed by atoms with van der Waals surface area (Å²) < 4.78 is 0. The molecule has 1 saturated heterocycles. The van der Waals surface area contributed by atoms with Crippen LogP contribution in [0.2, 0.25) is 0 Å². The average molecular weight is 380 g/mol. The lowest BCUT2D eigenvalue weighted by molar-refractivity contribution is -0.895. The SMILES string of the molecule is CC[NH+](CC)CCN1C(=O)C(=O)/C(=C(/O)c2ccncc2)[C@H]1c1ccccc1. The van der Waals surface area contributed by atoms with Crippen molar-refractivity contribution < 1.29 is 19.6 Å². The van der Waals surface area contributed by atoms with Gasteiger partial charge in [0.05, 0.1) is 37.8 Å². The zero-order chi connectivity index (χ0) is 20.1. The second kappa shape index (κ2) is 8.80. The molecule has 2 aromatic rings. The third kappa shape index (κ3) is 3.82. The van der Waals surface area contributed by atoms with Crippen molar-refractivity contribution in [1.29, 1.82) is 0 Å². The molecule has 0 unspecified atom stereocenters. The molecule has 1 aliphatic rings. The Morgan fingerprint density at radius 1 is 1.07 bits per heavy atom. The van der Waals surface area contributed by atoms with Gasteiger partial charge in [-0.25, -0.2) is 0 Å². The fraction of sp³-hybridized carbons (Fsp3) is 0.318. The number of hydrogen-bond donors (Lipinski definition) is 2. The number of carbonyl (C=O) groups is 2. The maximum atomic E-state index is 12.9. The summed E-state index contributed by atoms with van der Waals surface area (Å²) in [6.45, 7) is 7.31. The number of pyridine rings is 1. The van der Waals surface area contributed by atoms with Crippen molar-refractivity contribution >= 4 is 17.4 Å². The molecule has 1 aromatic heterocycles. The van der Waals surface area contributed by atoms with Gasteiger partial charge in [0.1, 0.15) is 5.76 Å². The number of carbonyl (C=O) groups excluding carboxylic acids is 2. The van der Waals surface area contributed by atoms with E-state index in [0.29, 0.717) is 12.1 Å². The van der Waals surface area contributed by atoms with Gasteiger partial charge >= 0.3 is 0 Å². The molecule has 0 spiro atoms. The van der Waals surface area contributed by atoms with Gasteiger partial charge in [-0.3, -0.25) is 14.6 Å². The van der Waals surface area contributed by atoms with Crippen LogP contribution in [0.1, 0.15) is 31.0 Å². The molecule has 1 aromatic carbocycles. The first-order valence-electron chi connectivity index (χ1n) is 9.65. The number of nitrogens with zero attached hydrogens (tertiary/aromatic N) is 2. The van der Waals surface area contributed by atoms with E-state index in [2.05, 4.69) is 18.8 Å². The first kappa shape index (κ1) is 19.8. The monoisotopic (exact) mass is 380 g/mol. The first-order chi connectivity index (χ1) is 13.6. The molecule has 2 heterocycles. The van der Waals surface area contributed by atoms with Gasteiger partial charge in [-0.05, 0) is 31.5 Å². The number of amides is 1. The van der Waals surface area contributed by atoms with E-state index in [1.807, 2.05) is 30.3 Å². The zero-order valence-electron chi connectivity index (χ0n) is 16.3. The number of Topliss-reactive ketones (excluding diaryl/α,β-unsaturated/α-hetero) is 1. The van der Waals surface area contributed by atoms with Gasteiger partial charge in [0.25, 0.3) is 11.7 Å². The summed E-state index contributed by atoms with van der Waals surface area (Å²) in [5, 5.41) is 10.9. The van der Waals surface area contributed by atoms with E-state index in [1.54, 1.807) is 29.4 Å². The molecule has 1 aliphatic heterocycles. The summed E-state index contributed by atoms with van der Waals surface area (Å²) in [7, 11) is 0. The standard InChI is InChI=1S/C22H25N3O3/c1-3-24(4-2)14-15-25-19(16-8-6-5-7-9-16)18(21(27)22(25)28)20(26)17-10-12-23-13-11-17/h5-13,19,26H,3-4,14-15H2,1-2H3/p+1/b20-18+/t19-/m1/s1. The summed E-state index contributed by atoms with van der Waals surface area (Å²) in [6.07, 6.45) is 3.10. The number of nitrogens with one attached hydrogen (secondary N) is 1. The molecule has 6 nitrogen and oxygen atoms in total. The zero-order valence-corrected chi connectivity index (χ0v) is 16.3. The van der Waals surface area contributed by atoms with Crippen molar-refractivity contribution in [3.63, 3.8) is 0 Å². The van der Waals surface area contributed by atoms with Crippen LogP contribution in [-0.2, 0) is 9.59 Å². The van der Waals surface area contributed by atoms with Crippen LogP contribution in [0.4, 0.5) is 0 Å². The summed E-state index contributed by atoms with van der Waals surface area (Å²) >= 11 is 0. The van der Waals surface area contributed by atoms with Crippen LogP contribution in [0, 0.1) is 0 Å². The highest BCUT2D eigenvalue weighted by molar-refractivity contribution is 6.46. The number of aliphatic hydroxyl groups is 1. The molecule has 1 atom stereocenters. The maximum absolute atomic E-state index is 12.9. The van der Waals surface area contributed by atoms with Crippen LogP contribution < -0.4 is 4.90 Å². The molecule has 6 heteroatoms. The Balaban J connectivity index is 2.06. The topological polar surface area (TPSA) is 74.9 Å². The van der Waals surface area contributed by atoms with Gasteiger partial charge in [-0.1, -0.05) is 30.3 Å². The molecule has 0 aliphatic carbocycles. The predicted molar refractivity (Wildman–Crippen MR) is 107 cm³/mol. The number of hydrogen-bond acceptors (Lipinski definition) is 4. The van der Waals surface area contributed by atoms with Crippen molar-refractivity contribution in [2.24, 2.45) is 0 Å². The average Bonchev–Trinajstić information content (AvgIpc) is 3.00. The highest BCUT2D eigenvalue weighted by Gasteiger charge is 2.46. The van der Waals surface area contributed by atoms with E-state index in [4.69, 9.17) is 0 Å². The van der Waals surface area contributed by atoms with E-state index in [0.717, 1.165) is 25.2 Å². The summed E-state index contributed by atoms with van der Waals surface area (Å²) in [5.74, 6) is -1.36. The quantitative estimate of drug-likeness (QED) is 0.433. The highest BCUT2D eigenvalue weighted by Crippen LogP contribution is 2.38. The molecule has 1 amide bonds. The predicted octanol–water partition coefficient (Wildman–Crippen LogP) is 1.43. The Kier molecular flexibility index (Phi) is 6.21. The Labute approximate surface area is 165 Å². The lowest BCUT2D eigenvalue weighted by Gasteiger charge is -2.26. The third-order valence-electron chi connectivity index (χ3n) is 5.32. The largest absolute Gasteiger partial charge is 0.507 e. The fourth-order valence-electron chi connectivity index (χ4n) is 3.64. The molecule has 2 N–H and O–H groups in total. The van der Waals surface area contributed by atoms with Crippen LogP contribution >= 0.6 is 0 Å². The summed E-state index contributed by atoms with van der Waals surface area (Å²) in [4.78, 5) is 32.6. The second-order valence-electron chi connectivity index (χ2n) is 6.85. The summed E-state index contributed by atoms with van der Waals surface area (Å²) in [5.41, 5.74) is 1.42. The Morgan fingerprint density at radius 2 is 1.71 bits per heavy atom. The van der Waals surface area contributed by atoms with Crippen molar-refractivity contribution in [1.82, 2.24) is 9.88 Å². The lowest BCUT2D eigenvalue weighted by Crippen LogP contribution is -3.12. The van der Waals surface area contributed by atoms with Crippen molar-refractivity contribution in [2.45, 2.75) is 19.9 Å². The van der Waals surface area contributed by atoms with Gasteiger partial charge in [0.15, 0.2) is 0 Å². The van der Waals surface area contributed by atoms with Crippen LogP contribution in [-0.4, -0.2) is 52.9 Å². The molecule has 0 radical (unpaired) electrons. The molecule has 1 fully saturated rings. The molecule has 146 valence electrons. The van der Waals surface area contributed by atoms with Crippen molar-refractivity contribution in [2.75, 3.05) is 26.2 Å². The minimum Gasteiger partial charge on any atom is -0.507 e. The normalized spacial score (nSPS) is 18.8. The Bertz CT molecular complexity index is 861. The van der Waals surface area contributed by atoms with E-state index in [9.17, 15) is 14.7 Å². The number of aliphatic hydroxyl groups excluding tert-OH is 1. The van der Waals surface area contributed by atoms with Crippen molar-refractivity contribution in [3.8, 4) is 0 Å². The van der Waals surface area contributed by atoms with Gasteiger partial charge < -0.3 is 14.9 Å². The van der Waals surface area contributed by atoms with Gasteiger partial charge in [-0.15, -0.1) is 0 Å². The number of rotatable bonds is 7. The number of likely N-dealkylation sites (N-methyl/N-ethyl adjacent to an activating group) is 1. The van der Waals surface area contributed by atoms with E-state index in [1.165, 1.54) is 4.90 Å². The molecular formula is C22H26N3O3+. The van der Waals surface area contributed by atoms with E-state index >= 15 is 0 Å². The van der Waals surface area contributed by atoms with E-state index < -0.39 is 17.7 Å². The molecule has 28 heavy (non-hydrogen) atoms. The summed E-state index contributed by atoms with van der Waals surface area (Å²) in [6, 6.07) is 12.1. The van der Waals surface area contributed by atoms with Crippen molar-refractivity contribution in [3.05, 3.63) is 71.6 Å². The number of benzene rings is 1. The number of quaternary nitrogens is 1. The van der Waals surface area contributed by atoms with Gasteiger partial charge in [0, 0.05) is 18.0 Å². The molecule has 0 saturated carbocycles. The van der Waals surface area contributed by atoms with Crippen LogP contribution in [0.25, 0.3) is 5.76 Å². The number of aromatic nitrogens is 1. The fourth-order valence-corrected chi connectivity index (χ4v) is 3.64. The lowest BCUT2D eigenvalue weighted by atomic mass is 9.95. The smallest absolute Gasteiger partial charge is 0.295 e. The maximum Gasteiger partial charge on any atom is 0.295 e. The molecular weight excluding hydrogens is 354 g/mol. The first-order valence-corrected chi connectivity index (χ1v) is 9.65. The van der Waals surface area contributed by atoms with Crippen LogP contribution in [0.15, 0.2) is 60.4 Å². The Morgan fingerprint density at radius 3 is 2.32 bits per heavy atom. The minimum atomic E-state index is -0.641. The van der Waals surface area contributed by atoms with Gasteiger partial charge in [0.2, 0.25) is 0 Å². The minimum absolute atomic E-state index is 0.136. The third-order valence-corrected chi connectivity index (χ3v) is 5.32. The van der Waals surface area contributed by atoms with Crippen LogP contribution in [0.5, 0.6) is 0 Å². The van der Waals surface area contributed by atoms with E-state index in [-0.39, 0.29) is 11.3 Å². The second-order valence-corrected chi connectivity index (χ2v) is 6.85. The highest BCUT2D eigenvalue weighted by atomic mass is 16.3. The van der Waals surface area contributed by atoms with Gasteiger partial charge in [-0.2, -0.15) is 0 Å². The molecule has 3 rings (SSSR count). The molecule has 0 bridgehead atoms. The van der Waals surface area contributed by atoms with Crippen LogP contribution in [0.3, 0.4) is 0 Å². The number of likely N-dealkylation sites (tertiary alicyclic amines) is 1. The number of ketones is 1.